The van der Waals surface area contributed by atoms with E-state index in [0.29, 0.717) is 27.9 Å². The highest BCUT2D eigenvalue weighted by molar-refractivity contribution is 6.36. The molecule has 0 aromatic carbocycles. The van der Waals surface area contributed by atoms with Crippen molar-refractivity contribution in [1.29, 1.82) is 0 Å². The first-order valence-corrected chi connectivity index (χ1v) is 7.94. The van der Waals surface area contributed by atoms with Crippen LogP contribution in [0.1, 0.15) is 12.6 Å². The first-order valence-electron chi connectivity index (χ1n) is 7.18. The molecule has 6 nitrogen and oxygen atoms in total. The van der Waals surface area contributed by atoms with Gasteiger partial charge in [-0.25, -0.2) is 4.98 Å². The maximum atomic E-state index is 12.4. The molecule has 1 saturated heterocycles. The molecule has 1 aliphatic rings. The Morgan fingerprint density at radius 3 is 2.74 bits per heavy atom. The number of likely N-dealkylation sites (tertiary alicyclic amines) is 1. The van der Waals surface area contributed by atoms with Gasteiger partial charge in [0.05, 0.1) is 28.1 Å². The van der Waals surface area contributed by atoms with Crippen LogP contribution >= 0.6 is 23.2 Å². The van der Waals surface area contributed by atoms with Gasteiger partial charge in [-0.15, -0.1) is 0 Å². The van der Waals surface area contributed by atoms with Crippen molar-refractivity contribution in [3.8, 4) is 0 Å². The minimum absolute atomic E-state index is 0.0502. The Balaban J connectivity index is 1.76. The van der Waals surface area contributed by atoms with E-state index in [2.05, 4.69) is 4.98 Å². The molecule has 2 aromatic heterocycles. The van der Waals surface area contributed by atoms with Crippen LogP contribution in [0.25, 0.3) is 5.65 Å². The first kappa shape index (κ1) is 16.1. The largest absolute Gasteiger partial charge is 0.481 e. The number of pyridine rings is 1. The number of imidazole rings is 1. The molecular formula is C15H15Cl2N3O3. The Hall–Kier alpha value is -1.79. The summed E-state index contributed by atoms with van der Waals surface area (Å²) in [5, 5.41) is 10.0. The summed E-state index contributed by atoms with van der Waals surface area (Å²) < 4.78 is 1.68. The van der Waals surface area contributed by atoms with Crippen molar-refractivity contribution in [2.24, 2.45) is 11.8 Å². The van der Waals surface area contributed by atoms with Crippen LogP contribution in [0.15, 0.2) is 18.5 Å². The summed E-state index contributed by atoms with van der Waals surface area (Å²) in [6.45, 7) is 2.55. The molecule has 2 aromatic rings. The van der Waals surface area contributed by atoms with E-state index in [1.165, 1.54) is 0 Å². The van der Waals surface area contributed by atoms with Crippen LogP contribution in [0.4, 0.5) is 0 Å². The minimum atomic E-state index is -0.859. The lowest BCUT2D eigenvalue weighted by Crippen LogP contribution is -2.31. The molecule has 1 N–H and O–H groups in total. The van der Waals surface area contributed by atoms with E-state index in [-0.39, 0.29) is 24.8 Å². The zero-order chi connectivity index (χ0) is 16.7. The predicted molar refractivity (Wildman–Crippen MR) is 85.8 cm³/mol. The van der Waals surface area contributed by atoms with Gasteiger partial charge in [-0.2, -0.15) is 0 Å². The van der Waals surface area contributed by atoms with E-state index in [9.17, 15) is 9.59 Å². The van der Waals surface area contributed by atoms with Crippen molar-refractivity contribution in [3.63, 3.8) is 0 Å². The van der Waals surface area contributed by atoms with Crippen molar-refractivity contribution >= 4 is 40.7 Å². The predicted octanol–water partition coefficient (Wildman–Crippen LogP) is 2.36. The summed E-state index contributed by atoms with van der Waals surface area (Å²) in [6, 6.07) is 1.59. The average molecular weight is 356 g/mol. The van der Waals surface area contributed by atoms with Gasteiger partial charge >= 0.3 is 5.97 Å². The number of halogens is 2. The van der Waals surface area contributed by atoms with Crippen LogP contribution in [0.3, 0.4) is 0 Å². The molecule has 0 radical (unpaired) electrons. The van der Waals surface area contributed by atoms with Crippen molar-refractivity contribution in [2.75, 3.05) is 13.1 Å². The monoisotopic (exact) mass is 355 g/mol. The van der Waals surface area contributed by atoms with Gasteiger partial charge in [0.1, 0.15) is 0 Å². The van der Waals surface area contributed by atoms with Gasteiger partial charge in [0.25, 0.3) is 0 Å². The van der Waals surface area contributed by atoms with Crippen LogP contribution in [-0.4, -0.2) is 44.4 Å². The Bertz CT molecular complexity index is 790. The number of carboxylic acid groups (broad SMARTS) is 1. The summed E-state index contributed by atoms with van der Waals surface area (Å²) >= 11 is 12.0. The highest BCUT2D eigenvalue weighted by Gasteiger charge is 2.36. The van der Waals surface area contributed by atoms with Gasteiger partial charge in [0, 0.05) is 25.5 Å². The molecule has 23 heavy (non-hydrogen) atoms. The maximum absolute atomic E-state index is 12.4. The first-order chi connectivity index (χ1) is 10.8. The van der Waals surface area contributed by atoms with Crippen molar-refractivity contribution in [2.45, 2.75) is 13.3 Å². The molecule has 122 valence electrons. The van der Waals surface area contributed by atoms with Gasteiger partial charge in [-0.3, -0.25) is 9.59 Å². The lowest BCUT2D eigenvalue weighted by molar-refractivity contribution is -0.142. The van der Waals surface area contributed by atoms with Crippen LogP contribution in [0.5, 0.6) is 0 Å². The number of nitrogens with zero attached hydrogens (tertiary/aromatic N) is 3. The second-order valence-electron chi connectivity index (χ2n) is 5.87. The van der Waals surface area contributed by atoms with Gasteiger partial charge in [-0.1, -0.05) is 30.1 Å². The smallest absolute Gasteiger partial charge is 0.308 e. The summed E-state index contributed by atoms with van der Waals surface area (Å²) in [6.07, 6.45) is 3.48. The molecule has 0 unspecified atom stereocenters. The number of aliphatic carboxylic acids is 1. The molecule has 2 atom stereocenters. The number of carboxylic acids is 1. The fraction of sp³-hybridized carbons (Fsp3) is 0.400. The van der Waals surface area contributed by atoms with E-state index in [1.807, 2.05) is 6.92 Å². The molecule has 1 aliphatic heterocycles. The summed E-state index contributed by atoms with van der Waals surface area (Å²) in [4.78, 5) is 29.5. The van der Waals surface area contributed by atoms with Crippen molar-refractivity contribution in [1.82, 2.24) is 14.3 Å². The van der Waals surface area contributed by atoms with Gasteiger partial charge < -0.3 is 14.4 Å². The van der Waals surface area contributed by atoms with Crippen molar-refractivity contribution in [3.05, 3.63) is 34.2 Å². The van der Waals surface area contributed by atoms with E-state index in [1.54, 1.807) is 27.8 Å². The molecule has 8 heteroatoms. The lowest BCUT2D eigenvalue weighted by Gasteiger charge is -2.14. The van der Waals surface area contributed by atoms with Gasteiger partial charge in [-0.05, 0) is 12.0 Å². The molecule has 0 aliphatic carbocycles. The lowest BCUT2D eigenvalue weighted by atomic mass is 9.99. The third-order valence-corrected chi connectivity index (χ3v) is 4.62. The van der Waals surface area contributed by atoms with E-state index < -0.39 is 11.9 Å². The SMILES string of the molecule is C[C@@H]1CN(C(=O)Cc2cn3cc(Cl)cc(Cl)c3n2)C[C@H]1C(=O)O. The third kappa shape index (κ3) is 3.14. The number of aromatic nitrogens is 2. The van der Waals surface area contributed by atoms with Gasteiger partial charge in [0.15, 0.2) is 5.65 Å². The summed E-state index contributed by atoms with van der Waals surface area (Å²) in [5.74, 6) is -1.55. The second kappa shape index (κ2) is 6.02. The van der Waals surface area contributed by atoms with Crippen molar-refractivity contribution < 1.29 is 14.7 Å². The number of carbonyl (C=O) groups is 2. The fourth-order valence-corrected chi connectivity index (χ4v) is 3.45. The summed E-state index contributed by atoms with van der Waals surface area (Å²) in [5.41, 5.74) is 1.11. The normalized spacial score (nSPS) is 21.1. The number of rotatable bonds is 3. The topological polar surface area (TPSA) is 74.9 Å². The van der Waals surface area contributed by atoms with Gasteiger partial charge in [0.2, 0.25) is 5.91 Å². The number of fused-ring (bicyclic) bond motifs is 1. The zero-order valence-electron chi connectivity index (χ0n) is 12.4. The third-order valence-electron chi connectivity index (χ3n) is 4.14. The highest BCUT2D eigenvalue weighted by atomic mass is 35.5. The standard InChI is InChI=1S/C15H15Cl2N3O3/c1-8-4-19(7-11(8)15(22)23)13(21)3-10-6-20-5-9(16)2-12(17)14(20)18-10/h2,5-6,8,11H,3-4,7H2,1H3,(H,22,23)/t8-,11-/m1/s1. The quantitative estimate of drug-likeness (QED) is 0.916. The molecule has 0 bridgehead atoms. The molecule has 1 fully saturated rings. The van der Waals surface area contributed by atoms with Crippen LogP contribution in [0, 0.1) is 11.8 Å². The second-order valence-corrected chi connectivity index (χ2v) is 6.71. The molecule has 0 saturated carbocycles. The molecule has 1 amide bonds. The van der Waals surface area contributed by atoms with Crippen LogP contribution < -0.4 is 0 Å². The minimum Gasteiger partial charge on any atom is -0.481 e. The number of carbonyl (C=O) groups excluding carboxylic acids is 1. The van der Waals surface area contributed by atoms with E-state index in [4.69, 9.17) is 28.3 Å². The average Bonchev–Trinajstić information content (AvgIpc) is 3.02. The fourth-order valence-electron chi connectivity index (χ4n) is 2.92. The maximum Gasteiger partial charge on any atom is 0.308 e. The Labute approximate surface area is 142 Å². The molecule has 3 rings (SSSR count). The Kier molecular flexibility index (Phi) is 4.21. The van der Waals surface area contributed by atoms with Crippen LogP contribution in [-0.2, 0) is 16.0 Å². The summed E-state index contributed by atoms with van der Waals surface area (Å²) in [7, 11) is 0. The van der Waals surface area contributed by atoms with E-state index in [0.717, 1.165) is 0 Å². The molecule has 3 heterocycles. The van der Waals surface area contributed by atoms with Crippen LogP contribution in [0.2, 0.25) is 10.0 Å². The molecular weight excluding hydrogens is 341 g/mol. The highest BCUT2D eigenvalue weighted by Crippen LogP contribution is 2.25. The zero-order valence-corrected chi connectivity index (χ0v) is 13.9. The Morgan fingerprint density at radius 2 is 2.09 bits per heavy atom. The number of hydrogen-bond donors (Lipinski definition) is 1. The number of hydrogen-bond acceptors (Lipinski definition) is 3. The van der Waals surface area contributed by atoms with E-state index >= 15 is 0 Å². The Morgan fingerprint density at radius 1 is 1.35 bits per heavy atom. The number of amides is 1. The molecule has 0 spiro atoms.